The van der Waals surface area contributed by atoms with Crippen molar-refractivity contribution in [1.29, 1.82) is 0 Å². The first kappa shape index (κ1) is 10.1. The molecule has 1 fully saturated rings. The van der Waals surface area contributed by atoms with Gasteiger partial charge in [-0.15, -0.1) is 0 Å². The van der Waals surface area contributed by atoms with Gasteiger partial charge in [-0.25, -0.2) is 0 Å². The summed E-state index contributed by atoms with van der Waals surface area (Å²) in [6.07, 6.45) is 8.84. The number of hydrogen-bond donors (Lipinski definition) is 0. The summed E-state index contributed by atoms with van der Waals surface area (Å²) in [7, 11) is 0. The highest BCUT2D eigenvalue weighted by atomic mass is 14.3. The fourth-order valence-electron chi connectivity index (χ4n) is 2.50. The largest absolute Gasteiger partial charge is 0.0651 e. The molecule has 0 N–H and O–H groups in total. The van der Waals surface area contributed by atoms with Crippen LogP contribution in [0.25, 0.3) is 0 Å². The van der Waals surface area contributed by atoms with Crippen molar-refractivity contribution in [3.05, 3.63) is 0 Å². The summed E-state index contributed by atoms with van der Waals surface area (Å²) in [5.41, 5.74) is 0. The van der Waals surface area contributed by atoms with Crippen molar-refractivity contribution in [2.45, 2.75) is 59.3 Å². The lowest BCUT2D eigenvalue weighted by molar-refractivity contribution is 0.200. The third-order valence-corrected chi connectivity index (χ3v) is 3.93. The predicted octanol–water partition coefficient (Wildman–Crippen LogP) is 4.25. The second-order valence-corrected chi connectivity index (χ2v) is 4.64. The van der Waals surface area contributed by atoms with Gasteiger partial charge in [0.05, 0.1) is 0 Å². The highest BCUT2D eigenvalue weighted by molar-refractivity contribution is 4.74. The SMILES string of the molecule is CCC(C)C(C)C1CCCCC1. The number of hydrogen-bond acceptors (Lipinski definition) is 0. The summed E-state index contributed by atoms with van der Waals surface area (Å²) in [4.78, 5) is 0. The molecule has 0 amide bonds. The Balaban J connectivity index is 2.33. The maximum atomic E-state index is 2.46. The molecule has 1 aliphatic rings. The van der Waals surface area contributed by atoms with E-state index in [2.05, 4.69) is 20.8 Å². The van der Waals surface area contributed by atoms with E-state index in [1.165, 1.54) is 38.5 Å². The van der Waals surface area contributed by atoms with Crippen molar-refractivity contribution < 1.29 is 0 Å². The third kappa shape index (κ3) is 2.50. The zero-order chi connectivity index (χ0) is 8.97. The van der Waals surface area contributed by atoms with Crippen molar-refractivity contribution in [2.24, 2.45) is 17.8 Å². The van der Waals surface area contributed by atoms with Crippen LogP contribution in [-0.2, 0) is 0 Å². The first-order valence-corrected chi connectivity index (χ1v) is 5.75. The summed E-state index contributed by atoms with van der Waals surface area (Å²) in [6.45, 7) is 7.20. The maximum Gasteiger partial charge on any atom is -0.0386 e. The molecule has 0 aliphatic heterocycles. The quantitative estimate of drug-likeness (QED) is 0.591. The van der Waals surface area contributed by atoms with Crippen LogP contribution in [-0.4, -0.2) is 0 Å². The lowest BCUT2D eigenvalue weighted by atomic mass is 9.75. The van der Waals surface area contributed by atoms with E-state index >= 15 is 0 Å². The molecule has 0 bridgehead atoms. The summed E-state index contributed by atoms with van der Waals surface area (Å²) >= 11 is 0. The Hall–Kier alpha value is 0. The topological polar surface area (TPSA) is 0 Å². The van der Waals surface area contributed by atoms with E-state index in [0.717, 1.165) is 17.8 Å². The van der Waals surface area contributed by atoms with Gasteiger partial charge < -0.3 is 0 Å². The highest BCUT2D eigenvalue weighted by Gasteiger charge is 2.23. The summed E-state index contributed by atoms with van der Waals surface area (Å²) in [5.74, 6) is 2.96. The van der Waals surface area contributed by atoms with Crippen molar-refractivity contribution in [2.75, 3.05) is 0 Å². The number of rotatable bonds is 3. The van der Waals surface area contributed by atoms with Crippen LogP contribution in [0.1, 0.15) is 59.3 Å². The molecule has 1 saturated carbocycles. The standard InChI is InChI=1S/C12H24/c1-4-10(2)11(3)12-8-6-5-7-9-12/h10-12H,4-9H2,1-3H3. The zero-order valence-electron chi connectivity index (χ0n) is 8.97. The molecule has 0 heteroatoms. The van der Waals surface area contributed by atoms with Crippen molar-refractivity contribution in [3.8, 4) is 0 Å². The van der Waals surface area contributed by atoms with Gasteiger partial charge in [0.25, 0.3) is 0 Å². The summed E-state index contributed by atoms with van der Waals surface area (Å²) in [5, 5.41) is 0. The van der Waals surface area contributed by atoms with Gasteiger partial charge in [0, 0.05) is 0 Å². The maximum absolute atomic E-state index is 2.46. The highest BCUT2D eigenvalue weighted by Crippen LogP contribution is 2.34. The van der Waals surface area contributed by atoms with E-state index < -0.39 is 0 Å². The Morgan fingerprint density at radius 1 is 1.08 bits per heavy atom. The van der Waals surface area contributed by atoms with Crippen LogP contribution < -0.4 is 0 Å². The minimum absolute atomic E-state index is 0.938. The Bertz CT molecular complexity index is 111. The van der Waals surface area contributed by atoms with Crippen molar-refractivity contribution >= 4 is 0 Å². The Kier molecular flexibility index (Phi) is 4.11. The molecule has 12 heavy (non-hydrogen) atoms. The van der Waals surface area contributed by atoms with Gasteiger partial charge in [-0.3, -0.25) is 0 Å². The van der Waals surface area contributed by atoms with Crippen molar-refractivity contribution in [3.63, 3.8) is 0 Å². The predicted molar refractivity (Wildman–Crippen MR) is 55.2 cm³/mol. The molecule has 0 nitrogen and oxygen atoms in total. The molecule has 2 atom stereocenters. The van der Waals surface area contributed by atoms with E-state index in [-0.39, 0.29) is 0 Å². The Labute approximate surface area is 77.7 Å². The summed E-state index contributed by atoms with van der Waals surface area (Å²) in [6, 6.07) is 0. The van der Waals surface area contributed by atoms with Gasteiger partial charge in [0.1, 0.15) is 0 Å². The molecule has 0 saturated heterocycles. The molecular formula is C12H24. The van der Waals surface area contributed by atoms with Crippen molar-refractivity contribution in [1.82, 2.24) is 0 Å². The van der Waals surface area contributed by atoms with Gasteiger partial charge in [-0.2, -0.15) is 0 Å². The summed E-state index contributed by atoms with van der Waals surface area (Å²) < 4.78 is 0. The van der Waals surface area contributed by atoms with Gasteiger partial charge >= 0.3 is 0 Å². The third-order valence-electron chi connectivity index (χ3n) is 3.93. The molecular weight excluding hydrogens is 144 g/mol. The van der Waals surface area contributed by atoms with E-state index in [4.69, 9.17) is 0 Å². The molecule has 1 rings (SSSR count). The molecule has 0 radical (unpaired) electrons. The van der Waals surface area contributed by atoms with Gasteiger partial charge in [0.15, 0.2) is 0 Å². The minimum Gasteiger partial charge on any atom is -0.0651 e. The first-order valence-electron chi connectivity index (χ1n) is 5.75. The normalized spacial score (nSPS) is 25.2. The van der Waals surface area contributed by atoms with E-state index in [1.807, 2.05) is 0 Å². The molecule has 0 spiro atoms. The van der Waals surface area contributed by atoms with Gasteiger partial charge in [-0.1, -0.05) is 59.3 Å². The van der Waals surface area contributed by atoms with Crippen LogP contribution in [0, 0.1) is 17.8 Å². The van der Waals surface area contributed by atoms with Gasteiger partial charge in [-0.05, 0) is 17.8 Å². The molecule has 0 aromatic heterocycles. The molecule has 1 aliphatic carbocycles. The second kappa shape index (κ2) is 4.89. The zero-order valence-corrected chi connectivity index (χ0v) is 8.97. The van der Waals surface area contributed by atoms with E-state index in [1.54, 1.807) is 0 Å². The van der Waals surface area contributed by atoms with Crippen LogP contribution in [0.5, 0.6) is 0 Å². The average Bonchev–Trinajstić information content (AvgIpc) is 2.17. The fraction of sp³-hybridized carbons (Fsp3) is 1.00. The smallest absolute Gasteiger partial charge is 0.0386 e. The van der Waals surface area contributed by atoms with E-state index in [0.29, 0.717) is 0 Å². The van der Waals surface area contributed by atoms with Crippen LogP contribution >= 0.6 is 0 Å². The lowest BCUT2D eigenvalue weighted by Crippen LogP contribution is -2.20. The monoisotopic (exact) mass is 168 g/mol. The molecule has 0 aromatic rings. The minimum atomic E-state index is 0.938. The molecule has 72 valence electrons. The van der Waals surface area contributed by atoms with Gasteiger partial charge in [0.2, 0.25) is 0 Å². The fourth-order valence-corrected chi connectivity index (χ4v) is 2.50. The van der Waals surface area contributed by atoms with Crippen LogP contribution in [0.4, 0.5) is 0 Å². The van der Waals surface area contributed by atoms with E-state index in [9.17, 15) is 0 Å². The first-order chi connectivity index (χ1) is 5.75. The second-order valence-electron chi connectivity index (χ2n) is 4.64. The average molecular weight is 168 g/mol. The Morgan fingerprint density at radius 3 is 2.17 bits per heavy atom. The Morgan fingerprint density at radius 2 is 1.67 bits per heavy atom. The molecule has 0 aromatic carbocycles. The molecule has 2 unspecified atom stereocenters. The lowest BCUT2D eigenvalue weighted by Gasteiger charge is -2.31. The van der Waals surface area contributed by atoms with Crippen LogP contribution in [0.3, 0.4) is 0 Å². The molecule has 0 heterocycles. The van der Waals surface area contributed by atoms with Crippen LogP contribution in [0.2, 0.25) is 0 Å². The van der Waals surface area contributed by atoms with Crippen LogP contribution in [0.15, 0.2) is 0 Å².